The highest BCUT2D eigenvalue weighted by molar-refractivity contribution is 14.2. The molecule has 0 N–H and O–H groups in total. The molecule has 0 saturated carbocycles. The molecule has 4 heteroatoms. The number of halogens is 4. The molecule has 0 aromatic heterocycles. The predicted molar refractivity (Wildman–Crippen MR) is 74.9 cm³/mol. The quantitative estimate of drug-likeness (QED) is 0.416. The molecule has 0 bridgehead atoms. The minimum atomic E-state index is 0.478. The van der Waals surface area contributed by atoms with Crippen LogP contribution in [0.3, 0.4) is 0 Å². The van der Waals surface area contributed by atoms with Crippen LogP contribution in [0.1, 0.15) is 13.1 Å². The second-order valence-corrected chi connectivity index (χ2v) is 8.08. The molecule has 0 aliphatic heterocycles. The molecule has 0 spiro atoms. The predicted octanol–water partition coefficient (Wildman–Crippen LogP) is 5.10. The van der Waals surface area contributed by atoms with Gasteiger partial charge in [0, 0.05) is 10.4 Å². The molecule has 1 aromatic rings. The highest BCUT2D eigenvalue weighted by Gasteiger charge is 2.10. The van der Waals surface area contributed by atoms with Gasteiger partial charge in [0.05, 0.1) is 1.93 Å². The maximum absolute atomic E-state index is 6.04. The van der Waals surface area contributed by atoms with Crippen LogP contribution < -0.4 is 0 Å². The molecule has 0 aliphatic carbocycles. The average molecular weight is 471 g/mol. The van der Waals surface area contributed by atoms with Crippen molar-refractivity contribution < 1.29 is 0 Å². The van der Waals surface area contributed by atoms with Crippen molar-refractivity contribution in [3.05, 3.63) is 34.3 Å². The Hall–Kier alpha value is 1.45. The van der Waals surface area contributed by atoms with Crippen molar-refractivity contribution in [1.82, 2.24) is 0 Å². The molecule has 12 heavy (non-hydrogen) atoms. The zero-order valence-electron chi connectivity index (χ0n) is 6.03. The molecule has 0 heterocycles. The van der Waals surface area contributed by atoms with Gasteiger partial charge in [0.15, 0.2) is 0 Å². The average Bonchev–Trinajstić information content (AvgIpc) is 2.03. The van der Waals surface area contributed by atoms with Gasteiger partial charge in [-0.3, -0.25) is 0 Å². The van der Waals surface area contributed by atoms with E-state index in [4.69, 9.17) is 11.6 Å². The molecule has 0 radical (unpaired) electrons. The Morgan fingerprint density at radius 2 is 2.08 bits per heavy atom. The van der Waals surface area contributed by atoms with Crippen molar-refractivity contribution in [3.63, 3.8) is 0 Å². The first-order valence-electron chi connectivity index (χ1n) is 3.28. The summed E-state index contributed by atoms with van der Waals surface area (Å²) in [5, 5.41) is 1.67. The number of alkyl halides is 3. The van der Waals surface area contributed by atoms with Gasteiger partial charge in [0.2, 0.25) is 0 Å². The summed E-state index contributed by atoms with van der Waals surface area (Å²) in [6, 6.07) is 6.04. The number of rotatable bonds is 2. The second kappa shape index (κ2) is 5.36. The van der Waals surface area contributed by atoms with Gasteiger partial charge in [0.25, 0.3) is 0 Å². The number of benzene rings is 1. The van der Waals surface area contributed by atoms with Gasteiger partial charge in [-0.05, 0) is 17.2 Å². The molecule has 0 saturated heterocycles. The summed E-state index contributed by atoms with van der Waals surface area (Å²) in [5.74, 6) is 0. The first-order chi connectivity index (χ1) is 5.66. The van der Waals surface area contributed by atoms with E-state index in [0.717, 1.165) is 10.4 Å². The third-order valence-electron chi connectivity index (χ3n) is 1.52. The van der Waals surface area contributed by atoms with Gasteiger partial charge < -0.3 is 0 Å². The minimum absolute atomic E-state index is 0.478. The van der Waals surface area contributed by atoms with E-state index in [9.17, 15) is 0 Å². The Bertz CT molecular complexity index is 276. The van der Waals surface area contributed by atoms with E-state index in [1.54, 1.807) is 0 Å². The van der Waals surface area contributed by atoms with Gasteiger partial charge in [0.1, 0.15) is 0 Å². The molecular weight excluding hydrogens is 465 g/mol. The third-order valence-corrected chi connectivity index (χ3v) is 3.78. The van der Waals surface area contributed by atoms with E-state index in [0.29, 0.717) is 1.93 Å². The van der Waals surface area contributed by atoms with Crippen molar-refractivity contribution >= 4 is 72.7 Å². The van der Waals surface area contributed by atoms with Gasteiger partial charge in [-0.2, -0.15) is 0 Å². The summed E-state index contributed by atoms with van der Waals surface area (Å²) in [6.07, 6.45) is 0. The summed E-state index contributed by atoms with van der Waals surface area (Å²) in [4.78, 5) is 0. The largest absolute Gasteiger partial charge is 0.0878 e. The van der Waals surface area contributed by atoms with Crippen molar-refractivity contribution in [3.8, 4) is 0 Å². The van der Waals surface area contributed by atoms with Crippen LogP contribution in [0, 0.1) is 0 Å². The highest BCUT2D eigenvalue weighted by atomic mass is 127. The molecular formula is C8H6BrClI2. The molecule has 1 aromatic carbocycles. The van der Waals surface area contributed by atoms with Crippen molar-refractivity contribution in [2.45, 2.75) is 7.26 Å². The lowest BCUT2D eigenvalue weighted by Gasteiger charge is -2.09. The summed E-state index contributed by atoms with van der Waals surface area (Å²) in [5.41, 5.74) is 2.51. The Labute approximate surface area is 113 Å². The molecule has 0 unspecified atom stereocenters. The van der Waals surface area contributed by atoms with E-state index >= 15 is 0 Å². The molecule has 0 atom stereocenters. The first-order valence-corrected chi connectivity index (χ1v) is 7.27. The Morgan fingerprint density at radius 1 is 1.42 bits per heavy atom. The van der Waals surface area contributed by atoms with Crippen LogP contribution in [-0.2, 0) is 5.33 Å². The number of hydrogen-bond acceptors (Lipinski definition) is 0. The van der Waals surface area contributed by atoms with E-state index in [1.807, 2.05) is 12.1 Å². The lowest BCUT2D eigenvalue weighted by molar-refractivity contribution is 1.31. The van der Waals surface area contributed by atoms with Gasteiger partial charge >= 0.3 is 0 Å². The fraction of sp³-hybridized carbons (Fsp3) is 0.250. The molecule has 0 nitrogen and oxygen atoms in total. The van der Waals surface area contributed by atoms with Crippen LogP contribution in [-0.4, -0.2) is 0 Å². The monoisotopic (exact) mass is 470 g/mol. The lowest BCUT2D eigenvalue weighted by atomic mass is 10.1. The van der Waals surface area contributed by atoms with E-state index in [1.165, 1.54) is 11.1 Å². The third kappa shape index (κ3) is 2.72. The van der Waals surface area contributed by atoms with Gasteiger partial charge in [-0.15, -0.1) is 0 Å². The molecule has 0 amide bonds. The Morgan fingerprint density at radius 3 is 2.50 bits per heavy atom. The van der Waals surface area contributed by atoms with Crippen molar-refractivity contribution in [2.75, 3.05) is 0 Å². The van der Waals surface area contributed by atoms with Crippen LogP contribution >= 0.6 is 72.7 Å². The van der Waals surface area contributed by atoms with E-state index in [-0.39, 0.29) is 0 Å². The zero-order chi connectivity index (χ0) is 9.14. The molecule has 0 fully saturated rings. The molecule has 0 aliphatic rings. The smallest absolute Gasteiger partial charge is 0.0876 e. The Balaban J connectivity index is 3.18. The van der Waals surface area contributed by atoms with Crippen LogP contribution in [0.5, 0.6) is 0 Å². The molecule has 66 valence electrons. The number of hydrogen-bond donors (Lipinski definition) is 0. The summed E-state index contributed by atoms with van der Waals surface area (Å²) in [6.45, 7) is 0. The fourth-order valence-electron chi connectivity index (χ4n) is 0.921. The van der Waals surface area contributed by atoms with Crippen LogP contribution in [0.15, 0.2) is 18.2 Å². The maximum atomic E-state index is 6.04. The topological polar surface area (TPSA) is 0 Å². The van der Waals surface area contributed by atoms with Crippen molar-refractivity contribution in [2.24, 2.45) is 0 Å². The summed E-state index contributed by atoms with van der Waals surface area (Å²) < 4.78 is 0.478. The molecule has 1 rings (SSSR count). The Kier molecular flexibility index (Phi) is 5.15. The second-order valence-electron chi connectivity index (χ2n) is 2.24. The zero-order valence-corrected chi connectivity index (χ0v) is 12.7. The fourth-order valence-corrected chi connectivity index (χ4v) is 3.12. The lowest BCUT2D eigenvalue weighted by Crippen LogP contribution is -1.90. The minimum Gasteiger partial charge on any atom is -0.0876 e. The van der Waals surface area contributed by atoms with Crippen LogP contribution in [0.2, 0.25) is 5.02 Å². The van der Waals surface area contributed by atoms with Gasteiger partial charge in [-0.1, -0.05) is 84.8 Å². The van der Waals surface area contributed by atoms with E-state index < -0.39 is 0 Å². The first kappa shape index (κ1) is 11.5. The van der Waals surface area contributed by atoms with Crippen LogP contribution in [0.4, 0.5) is 0 Å². The van der Waals surface area contributed by atoms with Gasteiger partial charge in [-0.25, -0.2) is 0 Å². The highest BCUT2D eigenvalue weighted by Crippen LogP contribution is 2.36. The van der Waals surface area contributed by atoms with Crippen LogP contribution in [0.25, 0.3) is 0 Å². The maximum Gasteiger partial charge on any atom is 0.0878 e. The van der Waals surface area contributed by atoms with Crippen molar-refractivity contribution in [1.29, 1.82) is 0 Å². The normalized spacial score (nSPS) is 10.8. The van der Waals surface area contributed by atoms with E-state index in [2.05, 4.69) is 67.2 Å². The summed E-state index contributed by atoms with van der Waals surface area (Å²) >= 11 is 14.2. The summed E-state index contributed by atoms with van der Waals surface area (Å²) in [7, 11) is 0. The SMILES string of the molecule is Clc1cccc(C(I)I)c1CBr. The standard InChI is InChI=1S/C8H6BrClI2/c9-4-6-5(8(11)12)2-1-3-7(6)10/h1-3,8H,4H2.